The van der Waals surface area contributed by atoms with Gasteiger partial charge in [0.1, 0.15) is 23.4 Å². The van der Waals surface area contributed by atoms with Gasteiger partial charge in [0.25, 0.3) is 5.56 Å². The predicted octanol–water partition coefficient (Wildman–Crippen LogP) is 2.39. The molecule has 4 aromatic rings. The Morgan fingerprint density at radius 1 is 1.24 bits per heavy atom. The van der Waals surface area contributed by atoms with Crippen LogP contribution in [0.5, 0.6) is 0 Å². The summed E-state index contributed by atoms with van der Waals surface area (Å²) in [6, 6.07) is 10.9. The predicted molar refractivity (Wildman–Crippen MR) is 91.0 cm³/mol. The summed E-state index contributed by atoms with van der Waals surface area (Å²) in [5.41, 5.74) is 0.889. The highest BCUT2D eigenvalue weighted by Gasteiger charge is 2.16. The van der Waals surface area contributed by atoms with Crippen molar-refractivity contribution in [1.82, 2.24) is 14.5 Å². The number of hydrogen-bond acceptors (Lipinski definition) is 5. The van der Waals surface area contributed by atoms with Crippen molar-refractivity contribution >= 4 is 28.0 Å². The first-order valence-corrected chi connectivity index (χ1v) is 7.76. The highest BCUT2D eigenvalue weighted by atomic mass is 16.3. The van der Waals surface area contributed by atoms with Crippen molar-refractivity contribution in [2.75, 3.05) is 7.05 Å². The Kier molecular flexibility index (Phi) is 3.61. The fourth-order valence-corrected chi connectivity index (χ4v) is 2.72. The van der Waals surface area contributed by atoms with Gasteiger partial charge in [0.2, 0.25) is 11.5 Å². The molecule has 7 heteroatoms. The first-order valence-electron chi connectivity index (χ1n) is 7.76. The fraction of sp³-hybridized carbons (Fsp3) is 0.167. The molecule has 0 aliphatic rings. The van der Waals surface area contributed by atoms with Crippen LogP contribution in [0.4, 0.5) is 0 Å². The normalized spacial score (nSPS) is 11.2. The van der Waals surface area contributed by atoms with Gasteiger partial charge < -0.3 is 13.7 Å². The van der Waals surface area contributed by atoms with E-state index in [0.717, 1.165) is 5.39 Å². The van der Waals surface area contributed by atoms with Crippen LogP contribution < -0.4 is 5.56 Å². The summed E-state index contributed by atoms with van der Waals surface area (Å²) in [5, 5.41) is 0.781. The van der Waals surface area contributed by atoms with E-state index in [2.05, 4.69) is 4.98 Å². The Balaban J connectivity index is 1.63. The van der Waals surface area contributed by atoms with Crippen LogP contribution in [0.1, 0.15) is 5.76 Å². The van der Waals surface area contributed by atoms with Crippen LogP contribution >= 0.6 is 0 Å². The number of hydrogen-bond donors (Lipinski definition) is 0. The molecule has 0 saturated carbocycles. The first-order chi connectivity index (χ1) is 12.1. The number of furan rings is 2. The van der Waals surface area contributed by atoms with Crippen molar-refractivity contribution < 1.29 is 13.6 Å². The lowest BCUT2D eigenvalue weighted by Gasteiger charge is -2.16. The van der Waals surface area contributed by atoms with Gasteiger partial charge in [0.15, 0.2) is 0 Å². The molecule has 0 radical (unpaired) electrons. The van der Waals surface area contributed by atoms with Gasteiger partial charge >= 0.3 is 0 Å². The molecule has 0 unspecified atom stereocenters. The highest BCUT2D eigenvalue weighted by molar-refractivity contribution is 6.01. The molecular weight excluding hydrogens is 322 g/mol. The largest absolute Gasteiger partial charge is 0.467 e. The molecule has 0 atom stereocenters. The van der Waals surface area contributed by atoms with Gasteiger partial charge in [0.05, 0.1) is 19.1 Å². The van der Waals surface area contributed by atoms with Gasteiger partial charge in [-0.15, -0.1) is 0 Å². The van der Waals surface area contributed by atoms with Crippen molar-refractivity contribution in [1.29, 1.82) is 0 Å². The van der Waals surface area contributed by atoms with E-state index in [4.69, 9.17) is 8.83 Å². The zero-order chi connectivity index (χ0) is 17.4. The van der Waals surface area contributed by atoms with Crippen LogP contribution in [0.2, 0.25) is 0 Å². The maximum Gasteiger partial charge on any atom is 0.297 e. The first kappa shape index (κ1) is 15.2. The maximum absolute atomic E-state index is 12.6. The second-order valence-electron chi connectivity index (χ2n) is 5.78. The van der Waals surface area contributed by atoms with Gasteiger partial charge in [-0.1, -0.05) is 12.1 Å². The van der Waals surface area contributed by atoms with Crippen molar-refractivity contribution in [2.45, 2.75) is 13.1 Å². The third-order valence-corrected chi connectivity index (χ3v) is 4.06. The average molecular weight is 337 g/mol. The summed E-state index contributed by atoms with van der Waals surface area (Å²) in [7, 11) is 1.66. The summed E-state index contributed by atoms with van der Waals surface area (Å²) in [4.78, 5) is 30.8. The second-order valence-corrected chi connectivity index (χ2v) is 5.78. The lowest BCUT2D eigenvalue weighted by molar-refractivity contribution is -0.131. The third kappa shape index (κ3) is 2.69. The van der Waals surface area contributed by atoms with Crippen LogP contribution in [0.25, 0.3) is 22.1 Å². The summed E-state index contributed by atoms with van der Waals surface area (Å²) in [5.74, 6) is 0.449. The smallest absolute Gasteiger partial charge is 0.297 e. The van der Waals surface area contributed by atoms with E-state index in [1.165, 1.54) is 15.8 Å². The van der Waals surface area contributed by atoms with Gasteiger partial charge in [-0.25, -0.2) is 4.98 Å². The summed E-state index contributed by atoms with van der Waals surface area (Å²) in [6.45, 7) is 0.219. The number of amides is 1. The van der Waals surface area contributed by atoms with Crippen LogP contribution in [-0.4, -0.2) is 27.4 Å². The van der Waals surface area contributed by atoms with E-state index in [9.17, 15) is 9.59 Å². The molecule has 126 valence electrons. The van der Waals surface area contributed by atoms with Gasteiger partial charge in [-0.3, -0.25) is 14.2 Å². The SMILES string of the molecule is CN(Cc1ccco1)C(=O)Cn1cnc2c(oc3ccccc32)c1=O. The molecule has 0 bridgehead atoms. The van der Waals surface area contributed by atoms with Crippen molar-refractivity contribution in [2.24, 2.45) is 0 Å². The standard InChI is InChI=1S/C18H15N3O4/c1-20(9-12-5-4-8-24-12)15(22)10-21-11-19-16-13-6-2-3-7-14(13)25-17(16)18(21)23/h2-8,11H,9-10H2,1H3. The number of aromatic nitrogens is 2. The minimum Gasteiger partial charge on any atom is -0.467 e. The van der Waals surface area contributed by atoms with Gasteiger partial charge in [-0.2, -0.15) is 0 Å². The molecule has 25 heavy (non-hydrogen) atoms. The molecule has 0 saturated heterocycles. The molecule has 1 amide bonds. The average Bonchev–Trinajstić information content (AvgIpc) is 3.25. The van der Waals surface area contributed by atoms with E-state index in [1.54, 1.807) is 31.5 Å². The molecule has 0 fully saturated rings. The number of carbonyl (C=O) groups is 1. The fourth-order valence-electron chi connectivity index (χ4n) is 2.72. The molecule has 0 aliphatic carbocycles. The van der Waals surface area contributed by atoms with E-state index in [0.29, 0.717) is 23.4 Å². The van der Waals surface area contributed by atoms with Crippen molar-refractivity contribution in [3.63, 3.8) is 0 Å². The van der Waals surface area contributed by atoms with Crippen molar-refractivity contribution in [3.05, 3.63) is 65.1 Å². The minimum atomic E-state index is -0.374. The maximum atomic E-state index is 12.6. The third-order valence-electron chi connectivity index (χ3n) is 4.06. The van der Waals surface area contributed by atoms with Gasteiger partial charge in [0, 0.05) is 12.4 Å². The molecule has 1 aromatic carbocycles. The van der Waals surface area contributed by atoms with Crippen LogP contribution in [0.3, 0.4) is 0 Å². The van der Waals surface area contributed by atoms with Gasteiger partial charge in [-0.05, 0) is 24.3 Å². The Labute approximate surface area is 142 Å². The Morgan fingerprint density at radius 3 is 2.88 bits per heavy atom. The molecule has 0 N–H and O–H groups in total. The van der Waals surface area contributed by atoms with E-state index >= 15 is 0 Å². The number of para-hydroxylation sites is 1. The Hall–Kier alpha value is -3.35. The van der Waals surface area contributed by atoms with E-state index in [1.807, 2.05) is 18.2 Å². The zero-order valence-electron chi connectivity index (χ0n) is 13.5. The Bertz CT molecular complexity index is 1110. The van der Waals surface area contributed by atoms with Crippen LogP contribution in [-0.2, 0) is 17.9 Å². The number of benzene rings is 1. The van der Waals surface area contributed by atoms with E-state index < -0.39 is 0 Å². The lowest BCUT2D eigenvalue weighted by Crippen LogP contribution is -2.33. The lowest BCUT2D eigenvalue weighted by atomic mass is 10.2. The summed E-state index contributed by atoms with van der Waals surface area (Å²) >= 11 is 0. The monoisotopic (exact) mass is 337 g/mol. The molecule has 3 aromatic heterocycles. The van der Waals surface area contributed by atoms with Crippen LogP contribution in [0.15, 0.2) is 62.6 Å². The van der Waals surface area contributed by atoms with Crippen molar-refractivity contribution in [3.8, 4) is 0 Å². The topological polar surface area (TPSA) is 81.5 Å². The molecular formula is C18H15N3O4. The molecule has 3 heterocycles. The second kappa shape index (κ2) is 5.94. The molecule has 0 spiro atoms. The highest BCUT2D eigenvalue weighted by Crippen LogP contribution is 2.24. The minimum absolute atomic E-state index is 0.115. The molecule has 0 aliphatic heterocycles. The number of rotatable bonds is 4. The summed E-state index contributed by atoms with van der Waals surface area (Å²) in [6.07, 6.45) is 2.93. The zero-order valence-corrected chi connectivity index (χ0v) is 13.5. The molecule has 7 nitrogen and oxygen atoms in total. The Morgan fingerprint density at radius 2 is 2.08 bits per heavy atom. The summed E-state index contributed by atoms with van der Waals surface area (Å²) < 4.78 is 12.1. The van der Waals surface area contributed by atoms with E-state index in [-0.39, 0.29) is 23.6 Å². The number of fused-ring (bicyclic) bond motifs is 3. The quantitative estimate of drug-likeness (QED) is 0.571. The van der Waals surface area contributed by atoms with Crippen LogP contribution in [0, 0.1) is 0 Å². The number of likely N-dealkylation sites (N-methyl/N-ethyl adjacent to an activating group) is 1. The number of carbonyl (C=O) groups excluding carboxylic acids is 1. The number of nitrogens with zero attached hydrogens (tertiary/aromatic N) is 3. The molecule has 4 rings (SSSR count).